The Morgan fingerprint density at radius 2 is 2.08 bits per heavy atom. The Kier molecular flexibility index (Phi) is 3.62. The molecule has 1 N–H and O–H groups in total. The Hall–Kier alpha value is -1.18. The number of allylic oxidation sites excluding steroid dienone is 4. The first-order valence-corrected chi connectivity index (χ1v) is 4.75. The number of nitrogens with zero attached hydrogens (tertiary/aromatic N) is 1. The number of hydrogen-bond acceptors (Lipinski definition) is 2. The average Bonchev–Trinajstić information content (AvgIpc) is 2.09. The lowest BCUT2D eigenvalue weighted by Crippen LogP contribution is -2.13. The molecule has 0 saturated carbocycles. The molecule has 1 aliphatic rings. The molecule has 0 aromatic rings. The van der Waals surface area contributed by atoms with E-state index in [1.807, 2.05) is 18.2 Å². The van der Waals surface area contributed by atoms with Gasteiger partial charge < -0.3 is 0 Å². The third kappa shape index (κ3) is 2.98. The molecule has 1 aliphatic carbocycles. The maximum absolute atomic E-state index is 7.60. The average molecular weight is 176 g/mol. The van der Waals surface area contributed by atoms with Gasteiger partial charge in [-0.25, -0.2) is 0 Å². The van der Waals surface area contributed by atoms with Gasteiger partial charge in [-0.2, -0.15) is 0 Å². The van der Waals surface area contributed by atoms with Crippen molar-refractivity contribution >= 4 is 11.4 Å². The first-order chi connectivity index (χ1) is 6.24. The van der Waals surface area contributed by atoms with Crippen LogP contribution in [0.25, 0.3) is 0 Å². The highest BCUT2D eigenvalue weighted by atomic mass is 14.8. The fourth-order valence-corrected chi connectivity index (χ4v) is 1.31. The number of rotatable bonds is 3. The third-order valence-electron chi connectivity index (χ3n) is 1.97. The van der Waals surface area contributed by atoms with Crippen molar-refractivity contribution in [1.82, 2.24) is 0 Å². The first-order valence-electron chi connectivity index (χ1n) is 4.75. The van der Waals surface area contributed by atoms with E-state index < -0.39 is 0 Å². The molecule has 2 nitrogen and oxygen atoms in total. The Morgan fingerprint density at radius 1 is 1.38 bits per heavy atom. The zero-order chi connectivity index (χ0) is 9.68. The molecule has 2 heteroatoms. The van der Waals surface area contributed by atoms with Crippen LogP contribution in [0.1, 0.15) is 26.7 Å². The van der Waals surface area contributed by atoms with Crippen molar-refractivity contribution in [2.45, 2.75) is 32.7 Å². The summed E-state index contributed by atoms with van der Waals surface area (Å²) in [5.74, 6) is 0. The molecule has 0 amide bonds. The molecule has 1 unspecified atom stereocenters. The normalized spacial score (nSPS) is 21.1. The monoisotopic (exact) mass is 176 g/mol. The summed E-state index contributed by atoms with van der Waals surface area (Å²) in [6.07, 6.45) is 9.70. The third-order valence-corrected chi connectivity index (χ3v) is 1.97. The van der Waals surface area contributed by atoms with E-state index in [1.165, 1.54) is 0 Å². The molecule has 0 saturated heterocycles. The standard InChI is InChI=1S/C11H16N2/c1-3-6-9(2)13-11-8-5-4-7-10(11)12/h4-5,7-9,12H,3,6H2,1-2H3. The maximum Gasteiger partial charge on any atom is 0.0826 e. The Balaban J connectivity index is 2.65. The predicted molar refractivity (Wildman–Crippen MR) is 57.8 cm³/mol. The first kappa shape index (κ1) is 9.90. The molecule has 1 atom stereocenters. The molecule has 0 heterocycles. The van der Waals surface area contributed by atoms with Gasteiger partial charge in [0, 0.05) is 6.04 Å². The van der Waals surface area contributed by atoms with E-state index in [2.05, 4.69) is 18.8 Å². The van der Waals surface area contributed by atoms with Gasteiger partial charge in [-0.1, -0.05) is 25.5 Å². The quantitative estimate of drug-likeness (QED) is 0.642. The Morgan fingerprint density at radius 3 is 2.69 bits per heavy atom. The van der Waals surface area contributed by atoms with E-state index in [9.17, 15) is 0 Å². The van der Waals surface area contributed by atoms with Gasteiger partial charge in [-0.3, -0.25) is 10.4 Å². The number of aliphatic imine (C=N–C) groups is 1. The van der Waals surface area contributed by atoms with Crippen molar-refractivity contribution in [3.8, 4) is 0 Å². The van der Waals surface area contributed by atoms with E-state index in [0.717, 1.165) is 18.6 Å². The SMILES string of the molecule is CCCC(C)N=C1C=CC=CC1=N. The summed E-state index contributed by atoms with van der Waals surface area (Å²) in [5, 5.41) is 7.60. The summed E-state index contributed by atoms with van der Waals surface area (Å²) in [5.41, 5.74) is 1.33. The molecule has 0 aliphatic heterocycles. The van der Waals surface area contributed by atoms with Gasteiger partial charge in [0.05, 0.1) is 11.4 Å². The predicted octanol–water partition coefficient (Wildman–Crippen LogP) is 2.76. The molecular weight excluding hydrogens is 160 g/mol. The molecular formula is C11H16N2. The lowest BCUT2D eigenvalue weighted by molar-refractivity contribution is 0.656. The molecule has 0 fully saturated rings. The van der Waals surface area contributed by atoms with Gasteiger partial charge in [0.15, 0.2) is 0 Å². The summed E-state index contributed by atoms with van der Waals surface area (Å²) >= 11 is 0. The van der Waals surface area contributed by atoms with Crippen LogP contribution in [0, 0.1) is 5.41 Å². The highest BCUT2D eigenvalue weighted by molar-refractivity contribution is 6.50. The molecule has 0 bridgehead atoms. The van der Waals surface area contributed by atoms with Gasteiger partial charge in [-0.05, 0) is 25.5 Å². The van der Waals surface area contributed by atoms with Gasteiger partial charge in [0.25, 0.3) is 0 Å². The molecule has 13 heavy (non-hydrogen) atoms. The fourth-order valence-electron chi connectivity index (χ4n) is 1.31. The summed E-state index contributed by atoms with van der Waals surface area (Å²) in [7, 11) is 0. The maximum atomic E-state index is 7.60. The minimum absolute atomic E-state index is 0.330. The molecule has 70 valence electrons. The van der Waals surface area contributed by atoms with Crippen LogP contribution in [0.3, 0.4) is 0 Å². The molecule has 0 spiro atoms. The van der Waals surface area contributed by atoms with Crippen LogP contribution in [0.15, 0.2) is 29.3 Å². The van der Waals surface area contributed by atoms with Crippen molar-refractivity contribution in [3.63, 3.8) is 0 Å². The van der Waals surface area contributed by atoms with Crippen molar-refractivity contribution in [1.29, 1.82) is 5.41 Å². The highest BCUT2D eigenvalue weighted by Crippen LogP contribution is 2.04. The minimum atomic E-state index is 0.330. The van der Waals surface area contributed by atoms with Crippen LogP contribution in [0.5, 0.6) is 0 Å². The van der Waals surface area contributed by atoms with Crippen LogP contribution >= 0.6 is 0 Å². The van der Waals surface area contributed by atoms with Crippen LogP contribution < -0.4 is 0 Å². The van der Waals surface area contributed by atoms with Crippen LogP contribution in [-0.4, -0.2) is 17.5 Å². The smallest absolute Gasteiger partial charge is 0.0826 e. The Bertz CT molecular complexity index is 272. The second-order valence-electron chi connectivity index (χ2n) is 3.28. The second kappa shape index (κ2) is 4.75. The number of hydrogen-bond donors (Lipinski definition) is 1. The van der Waals surface area contributed by atoms with E-state index in [0.29, 0.717) is 11.8 Å². The van der Waals surface area contributed by atoms with Crippen LogP contribution in [0.4, 0.5) is 0 Å². The summed E-state index contributed by atoms with van der Waals surface area (Å²) in [6.45, 7) is 4.24. The van der Waals surface area contributed by atoms with E-state index in [1.54, 1.807) is 6.08 Å². The fraction of sp³-hybridized carbons (Fsp3) is 0.455. The summed E-state index contributed by atoms with van der Waals surface area (Å²) in [6, 6.07) is 0.330. The second-order valence-corrected chi connectivity index (χ2v) is 3.28. The Labute approximate surface area is 79.6 Å². The zero-order valence-corrected chi connectivity index (χ0v) is 8.25. The highest BCUT2D eigenvalue weighted by Gasteiger charge is 2.05. The van der Waals surface area contributed by atoms with Crippen molar-refractivity contribution in [2.24, 2.45) is 4.99 Å². The van der Waals surface area contributed by atoms with Gasteiger partial charge in [-0.15, -0.1) is 0 Å². The van der Waals surface area contributed by atoms with Gasteiger partial charge in [0.1, 0.15) is 0 Å². The van der Waals surface area contributed by atoms with Crippen LogP contribution in [-0.2, 0) is 0 Å². The van der Waals surface area contributed by atoms with Crippen molar-refractivity contribution < 1.29 is 0 Å². The van der Waals surface area contributed by atoms with E-state index in [4.69, 9.17) is 5.41 Å². The minimum Gasteiger partial charge on any atom is -0.299 e. The lowest BCUT2D eigenvalue weighted by Gasteiger charge is -2.08. The molecule has 0 aromatic heterocycles. The topological polar surface area (TPSA) is 36.2 Å². The number of nitrogens with one attached hydrogen (secondary N) is 1. The van der Waals surface area contributed by atoms with Crippen molar-refractivity contribution in [2.75, 3.05) is 0 Å². The summed E-state index contributed by atoms with van der Waals surface area (Å²) in [4.78, 5) is 4.46. The van der Waals surface area contributed by atoms with E-state index >= 15 is 0 Å². The van der Waals surface area contributed by atoms with E-state index in [-0.39, 0.29) is 0 Å². The largest absolute Gasteiger partial charge is 0.299 e. The van der Waals surface area contributed by atoms with Gasteiger partial charge >= 0.3 is 0 Å². The zero-order valence-electron chi connectivity index (χ0n) is 8.25. The van der Waals surface area contributed by atoms with Crippen LogP contribution in [0.2, 0.25) is 0 Å². The molecule has 1 rings (SSSR count). The molecule has 0 radical (unpaired) electrons. The van der Waals surface area contributed by atoms with Gasteiger partial charge in [0.2, 0.25) is 0 Å². The molecule has 0 aromatic carbocycles. The van der Waals surface area contributed by atoms with Crippen molar-refractivity contribution in [3.05, 3.63) is 24.3 Å². The summed E-state index contributed by atoms with van der Waals surface area (Å²) < 4.78 is 0. The lowest BCUT2D eigenvalue weighted by atomic mass is 10.1.